The molecule has 0 aromatic carbocycles. The Hall–Kier alpha value is -3.03. The van der Waals surface area contributed by atoms with Gasteiger partial charge in [-0.2, -0.15) is 10.2 Å². The van der Waals surface area contributed by atoms with Crippen molar-refractivity contribution in [3.63, 3.8) is 0 Å². The smallest absolute Gasteiger partial charge is 0.296 e. The maximum absolute atomic E-state index is 12.4. The van der Waals surface area contributed by atoms with Gasteiger partial charge in [-0.1, -0.05) is 0 Å². The van der Waals surface area contributed by atoms with Gasteiger partial charge in [0.15, 0.2) is 5.65 Å². The summed E-state index contributed by atoms with van der Waals surface area (Å²) >= 11 is 0. The van der Waals surface area contributed by atoms with Crippen molar-refractivity contribution in [1.82, 2.24) is 24.5 Å². The minimum Gasteiger partial charge on any atom is -0.318 e. The zero-order chi connectivity index (χ0) is 17.6. The molecular formula is C16H18N6O2. The second-order valence-corrected chi connectivity index (χ2v) is 5.76. The summed E-state index contributed by atoms with van der Waals surface area (Å²) in [5.74, 6) is -1.32. The molecule has 0 aliphatic rings. The topological polar surface area (TPSA) is 94.7 Å². The van der Waals surface area contributed by atoms with Crippen LogP contribution in [0.5, 0.6) is 0 Å². The molecule has 0 saturated carbocycles. The Bertz CT molecular complexity index is 982. The molecule has 0 fully saturated rings. The van der Waals surface area contributed by atoms with Gasteiger partial charge in [0.2, 0.25) is 0 Å². The van der Waals surface area contributed by atoms with Crippen LogP contribution in [0.25, 0.3) is 11.0 Å². The SMILES string of the molecule is Cc1nn(C)c(C)c1C(=O)C(=O)Nc1cnc2c(c1)c(C)nn2C. The fourth-order valence-electron chi connectivity index (χ4n) is 2.78. The molecule has 0 bridgehead atoms. The minimum absolute atomic E-state index is 0.335. The molecule has 0 saturated heterocycles. The molecule has 0 radical (unpaired) electrons. The van der Waals surface area contributed by atoms with Crippen LogP contribution in [0, 0.1) is 20.8 Å². The highest BCUT2D eigenvalue weighted by Gasteiger charge is 2.24. The molecule has 0 aliphatic carbocycles. The Labute approximate surface area is 138 Å². The molecule has 0 aliphatic heterocycles. The third-order valence-electron chi connectivity index (χ3n) is 4.06. The van der Waals surface area contributed by atoms with Gasteiger partial charge in [0.1, 0.15) is 0 Å². The van der Waals surface area contributed by atoms with Crippen LogP contribution >= 0.6 is 0 Å². The lowest BCUT2D eigenvalue weighted by Crippen LogP contribution is -2.24. The van der Waals surface area contributed by atoms with Crippen LogP contribution in [0.2, 0.25) is 0 Å². The van der Waals surface area contributed by atoms with E-state index in [0.717, 1.165) is 16.7 Å². The molecule has 3 rings (SSSR count). The number of carbonyl (C=O) groups excluding carboxylic acids is 2. The fraction of sp³-hybridized carbons (Fsp3) is 0.312. The van der Waals surface area contributed by atoms with Crippen molar-refractivity contribution in [1.29, 1.82) is 0 Å². The number of carbonyl (C=O) groups is 2. The Balaban J connectivity index is 1.89. The summed E-state index contributed by atoms with van der Waals surface area (Å²) in [5, 5.41) is 11.9. The number of Topliss-reactive ketones (excluding diaryl/α,β-unsaturated/α-hetero) is 1. The molecule has 124 valence electrons. The summed E-state index contributed by atoms with van der Waals surface area (Å²) in [7, 11) is 3.54. The van der Waals surface area contributed by atoms with Crippen LogP contribution in [0.3, 0.4) is 0 Å². The average molecular weight is 326 g/mol. The van der Waals surface area contributed by atoms with Gasteiger partial charge < -0.3 is 5.32 Å². The van der Waals surface area contributed by atoms with Crippen LogP contribution < -0.4 is 5.32 Å². The normalized spacial score (nSPS) is 11.0. The minimum atomic E-state index is -0.711. The Morgan fingerprint density at radius 3 is 2.33 bits per heavy atom. The molecular weight excluding hydrogens is 308 g/mol. The molecule has 3 aromatic heterocycles. The molecule has 3 heterocycles. The number of nitrogens with zero attached hydrogens (tertiary/aromatic N) is 5. The number of fused-ring (bicyclic) bond motifs is 1. The second kappa shape index (κ2) is 5.55. The van der Waals surface area contributed by atoms with E-state index in [2.05, 4.69) is 20.5 Å². The van der Waals surface area contributed by atoms with Crippen molar-refractivity contribution >= 4 is 28.4 Å². The second-order valence-electron chi connectivity index (χ2n) is 5.76. The molecule has 8 nitrogen and oxygen atoms in total. The molecule has 8 heteroatoms. The molecule has 3 aromatic rings. The van der Waals surface area contributed by atoms with E-state index in [1.54, 1.807) is 43.4 Å². The standard InChI is InChI=1S/C16H18N6O2/c1-8-12-6-11(7-17-15(12)22(5)19-8)18-16(24)14(23)13-9(2)20-21(4)10(13)3/h6-7H,1-5H3,(H,18,24). The van der Waals surface area contributed by atoms with Crippen LogP contribution in [0.4, 0.5) is 5.69 Å². The predicted octanol–water partition coefficient (Wildman–Crippen LogP) is 1.45. The van der Waals surface area contributed by atoms with Crippen molar-refractivity contribution in [2.75, 3.05) is 5.32 Å². The lowest BCUT2D eigenvalue weighted by molar-refractivity contribution is -0.112. The first-order valence-corrected chi connectivity index (χ1v) is 7.44. The Morgan fingerprint density at radius 2 is 1.71 bits per heavy atom. The van der Waals surface area contributed by atoms with Gasteiger partial charge in [0.25, 0.3) is 11.7 Å². The zero-order valence-corrected chi connectivity index (χ0v) is 14.2. The van der Waals surface area contributed by atoms with Gasteiger partial charge >= 0.3 is 0 Å². The quantitative estimate of drug-likeness (QED) is 0.580. The van der Waals surface area contributed by atoms with E-state index in [0.29, 0.717) is 22.6 Å². The highest BCUT2D eigenvalue weighted by atomic mass is 16.2. The summed E-state index contributed by atoms with van der Waals surface area (Å²) < 4.78 is 3.26. The first kappa shape index (κ1) is 15.9. The molecule has 1 N–H and O–H groups in total. The average Bonchev–Trinajstić information content (AvgIpc) is 2.95. The van der Waals surface area contributed by atoms with Gasteiger partial charge in [0, 0.05) is 25.2 Å². The van der Waals surface area contributed by atoms with Crippen molar-refractivity contribution in [2.24, 2.45) is 14.1 Å². The monoisotopic (exact) mass is 326 g/mol. The number of aryl methyl sites for hydroxylation is 4. The molecule has 24 heavy (non-hydrogen) atoms. The Kier molecular flexibility index (Phi) is 3.67. The lowest BCUT2D eigenvalue weighted by atomic mass is 10.1. The number of anilines is 1. The van der Waals surface area contributed by atoms with E-state index in [4.69, 9.17) is 0 Å². The maximum Gasteiger partial charge on any atom is 0.296 e. The summed E-state index contributed by atoms with van der Waals surface area (Å²) in [5.41, 5.74) is 3.51. The highest BCUT2D eigenvalue weighted by Crippen LogP contribution is 2.20. The van der Waals surface area contributed by atoms with Crippen LogP contribution in [0.1, 0.15) is 27.4 Å². The number of hydrogen-bond acceptors (Lipinski definition) is 5. The van der Waals surface area contributed by atoms with Gasteiger partial charge in [-0.15, -0.1) is 0 Å². The van der Waals surface area contributed by atoms with E-state index in [-0.39, 0.29) is 0 Å². The van der Waals surface area contributed by atoms with Gasteiger partial charge in [-0.05, 0) is 26.8 Å². The molecule has 0 atom stereocenters. The predicted molar refractivity (Wildman–Crippen MR) is 88.9 cm³/mol. The first-order chi connectivity index (χ1) is 11.3. The zero-order valence-electron chi connectivity index (χ0n) is 14.2. The molecule has 0 unspecified atom stereocenters. The van der Waals surface area contributed by atoms with E-state index in [1.807, 2.05) is 6.92 Å². The number of rotatable bonds is 3. The van der Waals surface area contributed by atoms with Gasteiger partial charge in [-0.25, -0.2) is 4.98 Å². The fourth-order valence-corrected chi connectivity index (χ4v) is 2.78. The van der Waals surface area contributed by atoms with Crippen LogP contribution in [-0.4, -0.2) is 36.2 Å². The number of amides is 1. The van der Waals surface area contributed by atoms with Gasteiger partial charge in [-0.3, -0.25) is 19.0 Å². The summed E-state index contributed by atoms with van der Waals surface area (Å²) in [4.78, 5) is 29.0. The van der Waals surface area contributed by atoms with Crippen molar-refractivity contribution in [3.8, 4) is 0 Å². The lowest BCUT2D eigenvalue weighted by Gasteiger charge is -2.05. The third kappa shape index (κ3) is 2.45. The molecule has 1 amide bonds. The van der Waals surface area contributed by atoms with E-state index in [1.165, 1.54) is 6.20 Å². The highest BCUT2D eigenvalue weighted by molar-refractivity contribution is 6.47. The van der Waals surface area contributed by atoms with E-state index >= 15 is 0 Å². The van der Waals surface area contributed by atoms with E-state index < -0.39 is 11.7 Å². The number of pyridine rings is 1. The number of aromatic nitrogens is 5. The largest absolute Gasteiger partial charge is 0.318 e. The van der Waals surface area contributed by atoms with Crippen molar-refractivity contribution in [3.05, 3.63) is 34.9 Å². The van der Waals surface area contributed by atoms with E-state index in [9.17, 15) is 9.59 Å². The maximum atomic E-state index is 12.4. The number of hydrogen-bond donors (Lipinski definition) is 1. The van der Waals surface area contributed by atoms with Crippen molar-refractivity contribution in [2.45, 2.75) is 20.8 Å². The first-order valence-electron chi connectivity index (χ1n) is 7.44. The number of ketones is 1. The number of nitrogens with one attached hydrogen (secondary N) is 1. The summed E-state index contributed by atoms with van der Waals surface area (Å²) in [6.07, 6.45) is 1.51. The van der Waals surface area contributed by atoms with Crippen LogP contribution in [-0.2, 0) is 18.9 Å². The third-order valence-corrected chi connectivity index (χ3v) is 4.06. The summed E-state index contributed by atoms with van der Waals surface area (Å²) in [6.45, 7) is 5.33. The Morgan fingerprint density at radius 1 is 1.04 bits per heavy atom. The van der Waals surface area contributed by atoms with Crippen molar-refractivity contribution < 1.29 is 9.59 Å². The van der Waals surface area contributed by atoms with Crippen LogP contribution in [0.15, 0.2) is 12.3 Å². The summed E-state index contributed by atoms with van der Waals surface area (Å²) in [6, 6.07) is 1.76. The van der Waals surface area contributed by atoms with Gasteiger partial charge in [0.05, 0.1) is 28.8 Å². The molecule has 0 spiro atoms.